The smallest absolute Gasteiger partial charge is 0.130 e. The van der Waals surface area contributed by atoms with Gasteiger partial charge in [-0.05, 0) is 26.1 Å². The minimum atomic E-state index is -0.532. The van der Waals surface area contributed by atoms with Gasteiger partial charge in [0, 0.05) is 30.8 Å². The fourth-order valence-corrected chi connectivity index (χ4v) is 2.48. The van der Waals surface area contributed by atoms with Crippen molar-refractivity contribution in [2.45, 2.75) is 12.5 Å². The fraction of sp³-hybridized carbons (Fsp3) is 0.571. The van der Waals surface area contributed by atoms with Gasteiger partial charge in [0.1, 0.15) is 11.6 Å². The molecule has 1 aromatic carbocycles. The van der Waals surface area contributed by atoms with Gasteiger partial charge in [0.2, 0.25) is 0 Å². The summed E-state index contributed by atoms with van der Waals surface area (Å²) in [7, 11) is 1.87. The monoisotopic (exact) mass is 270 g/mol. The Labute approximate surface area is 112 Å². The zero-order valence-electron chi connectivity index (χ0n) is 11.2. The molecule has 1 heterocycles. The highest BCUT2D eigenvalue weighted by molar-refractivity contribution is 5.22. The number of halogens is 2. The van der Waals surface area contributed by atoms with Crippen LogP contribution in [0.2, 0.25) is 0 Å². The molecule has 1 unspecified atom stereocenters. The van der Waals surface area contributed by atoms with Crippen LogP contribution >= 0.6 is 0 Å². The molecule has 1 saturated heterocycles. The van der Waals surface area contributed by atoms with Crippen molar-refractivity contribution >= 4 is 0 Å². The molecule has 1 fully saturated rings. The van der Waals surface area contributed by atoms with Crippen LogP contribution in [0, 0.1) is 11.6 Å². The minimum Gasteiger partial charge on any atom is -0.379 e. The molecule has 1 aliphatic heterocycles. The van der Waals surface area contributed by atoms with Crippen LogP contribution in [0.5, 0.6) is 0 Å². The van der Waals surface area contributed by atoms with Gasteiger partial charge in [-0.3, -0.25) is 4.90 Å². The number of nitrogens with one attached hydrogen (secondary N) is 1. The van der Waals surface area contributed by atoms with Crippen LogP contribution in [0.4, 0.5) is 8.78 Å². The molecule has 3 nitrogen and oxygen atoms in total. The highest BCUT2D eigenvalue weighted by atomic mass is 19.1. The topological polar surface area (TPSA) is 24.5 Å². The van der Waals surface area contributed by atoms with Crippen molar-refractivity contribution in [1.29, 1.82) is 0 Å². The van der Waals surface area contributed by atoms with Gasteiger partial charge in [-0.2, -0.15) is 0 Å². The van der Waals surface area contributed by atoms with E-state index < -0.39 is 11.6 Å². The standard InChI is InChI=1S/C14H20F2N2O/c1-17-5-4-14(18-6-8-19-9-7-18)12-3-2-11(15)10-13(12)16/h2-3,10,14,17H,4-9H2,1H3. The van der Waals surface area contributed by atoms with Gasteiger partial charge in [0.05, 0.1) is 13.2 Å². The van der Waals surface area contributed by atoms with Crippen LogP contribution in [-0.2, 0) is 4.74 Å². The molecule has 1 atom stereocenters. The average molecular weight is 270 g/mol. The lowest BCUT2D eigenvalue weighted by molar-refractivity contribution is 0.0136. The molecular weight excluding hydrogens is 250 g/mol. The van der Waals surface area contributed by atoms with Crippen LogP contribution in [-0.4, -0.2) is 44.8 Å². The lowest BCUT2D eigenvalue weighted by Gasteiger charge is -2.35. The summed E-state index contributed by atoms with van der Waals surface area (Å²) in [6.45, 7) is 3.69. The number of hydrogen-bond donors (Lipinski definition) is 1. The Hall–Kier alpha value is -1.04. The first-order valence-electron chi connectivity index (χ1n) is 6.63. The number of morpholine rings is 1. The molecule has 5 heteroatoms. The normalized spacial score (nSPS) is 18.5. The first kappa shape index (κ1) is 14.4. The van der Waals surface area contributed by atoms with E-state index in [4.69, 9.17) is 4.74 Å². The highest BCUT2D eigenvalue weighted by Crippen LogP contribution is 2.27. The third kappa shape index (κ3) is 3.72. The van der Waals surface area contributed by atoms with E-state index in [1.807, 2.05) is 7.05 Å². The van der Waals surface area contributed by atoms with Crippen LogP contribution in [0.3, 0.4) is 0 Å². The first-order chi connectivity index (χ1) is 9.22. The van der Waals surface area contributed by atoms with Crippen LogP contribution in [0.1, 0.15) is 18.0 Å². The number of rotatable bonds is 5. The average Bonchev–Trinajstić information content (AvgIpc) is 2.42. The quantitative estimate of drug-likeness (QED) is 0.885. The van der Waals surface area contributed by atoms with E-state index >= 15 is 0 Å². The summed E-state index contributed by atoms with van der Waals surface area (Å²) in [5.74, 6) is -0.997. The van der Waals surface area contributed by atoms with E-state index in [0.29, 0.717) is 18.8 Å². The summed E-state index contributed by atoms with van der Waals surface area (Å²) in [5.41, 5.74) is 0.568. The van der Waals surface area contributed by atoms with Gasteiger partial charge >= 0.3 is 0 Å². The predicted molar refractivity (Wildman–Crippen MR) is 70.0 cm³/mol. The molecule has 1 aliphatic rings. The SMILES string of the molecule is CNCCC(c1ccc(F)cc1F)N1CCOCC1. The Balaban J connectivity index is 2.19. The Morgan fingerprint density at radius 3 is 2.68 bits per heavy atom. The van der Waals surface area contributed by atoms with Crippen molar-refractivity contribution in [3.8, 4) is 0 Å². The first-order valence-corrected chi connectivity index (χ1v) is 6.63. The number of ether oxygens (including phenoxy) is 1. The van der Waals surface area contributed by atoms with Crippen molar-refractivity contribution in [2.75, 3.05) is 39.9 Å². The molecular formula is C14H20F2N2O. The molecule has 0 amide bonds. The highest BCUT2D eigenvalue weighted by Gasteiger charge is 2.24. The minimum absolute atomic E-state index is 0.0306. The summed E-state index contributed by atoms with van der Waals surface area (Å²) in [5, 5.41) is 3.08. The Morgan fingerprint density at radius 1 is 1.32 bits per heavy atom. The van der Waals surface area contributed by atoms with Gasteiger partial charge in [0.25, 0.3) is 0 Å². The van der Waals surface area contributed by atoms with Crippen molar-refractivity contribution in [3.63, 3.8) is 0 Å². The zero-order valence-corrected chi connectivity index (χ0v) is 11.2. The van der Waals surface area contributed by atoms with Gasteiger partial charge < -0.3 is 10.1 Å². The maximum Gasteiger partial charge on any atom is 0.130 e. The lowest BCUT2D eigenvalue weighted by Crippen LogP contribution is -2.40. The number of benzene rings is 1. The second kappa shape index (κ2) is 6.93. The van der Waals surface area contributed by atoms with Crippen molar-refractivity contribution in [2.24, 2.45) is 0 Å². The van der Waals surface area contributed by atoms with Gasteiger partial charge in [-0.15, -0.1) is 0 Å². The van der Waals surface area contributed by atoms with Crippen molar-refractivity contribution in [3.05, 3.63) is 35.4 Å². The van der Waals surface area contributed by atoms with Crippen molar-refractivity contribution in [1.82, 2.24) is 10.2 Å². The maximum absolute atomic E-state index is 14.0. The van der Waals surface area contributed by atoms with E-state index in [0.717, 1.165) is 32.1 Å². The number of nitrogens with zero attached hydrogens (tertiary/aromatic N) is 1. The van der Waals surface area contributed by atoms with Crippen LogP contribution in [0.15, 0.2) is 18.2 Å². The van der Waals surface area contributed by atoms with E-state index in [-0.39, 0.29) is 6.04 Å². The summed E-state index contributed by atoms with van der Waals surface area (Å²) in [4.78, 5) is 2.21. The zero-order chi connectivity index (χ0) is 13.7. The molecule has 0 aromatic heterocycles. The van der Waals surface area contributed by atoms with Gasteiger partial charge in [0.15, 0.2) is 0 Å². The van der Waals surface area contributed by atoms with E-state index in [1.165, 1.54) is 6.07 Å². The molecule has 0 aliphatic carbocycles. The predicted octanol–water partition coefficient (Wildman–Crippen LogP) is 1.95. The molecule has 106 valence electrons. The van der Waals surface area contributed by atoms with Crippen LogP contribution < -0.4 is 5.32 Å². The lowest BCUT2D eigenvalue weighted by atomic mass is 10.0. The second-order valence-corrected chi connectivity index (χ2v) is 4.72. The Bertz CT molecular complexity index is 408. The van der Waals surface area contributed by atoms with E-state index in [1.54, 1.807) is 6.07 Å². The van der Waals surface area contributed by atoms with Gasteiger partial charge in [-0.25, -0.2) is 8.78 Å². The summed E-state index contributed by atoms with van der Waals surface area (Å²) in [6, 6.07) is 3.81. The maximum atomic E-state index is 14.0. The van der Waals surface area contributed by atoms with Crippen molar-refractivity contribution < 1.29 is 13.5 Å². The van der Waals surface area contributed by atoms with E-state index in [2.05, 4.69) is 10.2 Å². The Morgan fingerprint density at radius 2 is 2.05 bits per heavy atom. The third-order valence-electron chi connectivity index (χ3n) is 3.48. The molecule has 0 saturated carbocycles. The molecule has 2 rings (SSSR count). The largest absolute Gasteiger partial charge is 0.379 e. The molecule has 0 radical (unpaired) electrons. The second-order valence-electron chi connectivity index (χ2n) is 4.72. The Kier molecular flexibility index (Phi) is 5.24. The van der Waals surface area contributed by atoms with E-state index in [9.17, 15) is 8.78 Å². The van der Waals surface area contributed by atoms with Crippen LogP contribution in [0.25, 0.3) is 0 Å². The molecule has 0 bridgehead atoms. The fourth-order valence-electron chi connectivity index (χ4n) is 2.48. The summed E-state index contributed by atoms with van der Waals surface area (Å²) >= 11 is 0. The third-order valence-corrected chi connectivity index (χ3v) is 3.48. The molecule has 1 aromatic rings. The number of hydrogen-bond acceptors (Lipinski definition) is 3. The summed E-state index contributed by atoms with van der Waals surface area (Å²) in [6.07, 6.45) is 0.791. The molecule has 0 spiro atoms. The molecule has 19 heavy (non-hydrogen) atoms. The molecule has 1 N–H and O–H groups in total. The van der Waals surface area contributed by atoms with Gasteiger partial charge in [-0.1, -0.05) is 6.07 Å². The summed E-state index contributed by atoms with van der Waals surface area (Å²) < 4.78 is 32.3.